The van der Waals surface area contributed by atoms with Crippen molar-refractivity contribution in [3.8, 4) is 11.5 Å². The van der Waals surface area contributed by atoms with Crippen molar-refractivity contribution in [1.82, 2.24) is 5.01 Å². The molecule has 0 saturated heterocycles. The summed E-state index contributed by atoms with van der Waals surface area (Å²) in [7, 11) is 1.62. The first kappa shape index (κ1) is 19.7. The number of ether oxygens (including phenoxy) is 2. The van der Waals surface area contributed by atoms with Gasteiger partial charge < -0.3 is 15.2 Å². The molecule has 1 unspecified atom stereocenters. The summed E-state index contributed by atoms with van der Waals surface area (Å²) in [5.41, 5.74) is 9.30. The minimum absolute atomic E-state index is 0.0333. The Balaban J connectivity index is 1.95. The van der Waals surface area contributed by atoms with Gasteiger partial charge in [0.25, 0.3) is 0 Å². The molecule has 2 aromatic carbocycles. The first-order valence-electron chi connectivity index (χ1n) is 9.60. The van der Waals surface area contributed by atoms with E-state index in [0.717, 1.165) is 23.3 Å². The lowest BCUT2D eigenvalue weighted by molar-refractivity contribution is -0.133. The average Bonchev–Trinajstić information content (AvgIpc) is 2.71. The zero-order valence-corrected chi connectivity index (χ0v) is 16.6. The van der Waals surface area contributed by atoms with Crippen molar-refractivity contribution in [2.24, 2.45) is 11.0 Å². The van der Waals surface area contributed by atoms with Crippen LogP contribution >= 0.6 is 0 Å². The molecule has 6 heteroatoms. The van der Waals surface area contributed by atoms with Crippen LogP contribution in [0.4, 0.5) is 5.69 Å². The number of hydrogen-bond acceptors (Lipinski definition) is 5. The Morgan fingerprint density at radius 3 is 2.54 bits per heavy atom. The number of carbonyl (C=O) groups is 1. The number of amides is 1. The second-order valence-corrected chi connectivity index (χ2v) is 6.79. The first-order valence-corrected chi connectivity index (χ1v) is 9.60. The number of carbonyl (C=O) groups excluding carboxylic acids is 1. The van der Waals surface area contributed by atoms with Crippen molar-refractivity contribution >= 4 is 17.3 Å². The molecule has 0 aliphatic carbocycles. The topological polar surface area (TPSA) is 77.1 Å². The van der Waals surface area contributed by atoms with E-state index >= 15 is 0 Å². The van der Waals surface area contributed by atoms with Crippen LogP contribution < -0.4 is 15.2 Å². The summed E-state index contributed by atoms with van der Waals surface area (Å²) in [6, 6.07) is 13.3. The summed E-state index contributed by atoms with van der Waals surface area (Å²) in [4.78, 5) is 12.6. The molecule has 2 aromatic rings. The van der Waals surface area contributed by atoms with E-state index in [9.17, 15) is 4.79 Å². The lowest BCUT2D eigenvalue weighted by Crippen LogP contribution is -2.36. The molecule has 1 atom stereocenters. The zero-order valence-electron chi connectivity index (χ0n) is 16.6. The number of nitrogen functional groups attached to an aromatic ring is 1. The van der Waals surface area contributed by atoms with Crippen LogP contribution in [0.25, 0.3) is 0 Å². The molecule has 1 aliphatic heterocycles. The van der Waals surface area contributed by atoms with Crippen molar-refractivity contribution in [3.63, 3.8) is 0 Å². The number of nitrogens with zero attached hydrogens (tertiary/aromatic N) is 2. The van der Waals surface area contributed by atoms with Gasteiger partial charge in [-0.05, 0) is 49.2 Å². The van der Waals surface area contributed by atoms with Crippen molar-refractivity contribution in [3.05, 3.63) is 53.6 Å². The molecular formula is C22H27N3O3. The number of nitrogens with two attached hydrogens (primary N) is 1. The Kier molecular flexibility index (Phi) is 6.19. The number of hydrogen-bond donors (Lipinski definition) is 1. The van der Waals surface area contributed by atoms with Crippen molar-refractivity contribution in [1.29, 1.82) is 0 Å². The van der Waals surface area contributed by atoms with E-state index < -0.39 is 0 Å². The summed E-state index contributed by atoms with van der Waals surface area (Å²) in [6.07, 6.45) is 1.29. The standard InChI is InChI=1S/C22H27N3O3/c1-4-16-13-21(26)25(14-15-6-9-18(23)10-7-15)24-22(16)17-8-11-19(27-3)20(12-17)28-5-2/h6-12,16H,4-5,13-14,23H2,1-3H3. The van der Waals surface area contributed by atoms with Gasteiger partial charge in [0, 0.05) is 23.6 Å². The molecule has 148 valence electrons. The van der Waals surface area contributed by atoms with Crippen LogP contribution in [-0.4, -0.2) is 30.3 Å². The molecule has 0 aromatic heterocycles. The smallest absolute Gasteiger partial charge is 0.243 e. The number of anilines is 1. The Morgan fingerprint density at radius 1 is 1.14 bits per heavy atom. The molecule has 0 spiro atoms. The second-order valence-electron chi connectivity index (χ2n) is 6.79. The van der Waals surface area contributed by atoms with Crippen molar-refractivity contribution < 1.29 is 14.3 Å². The third-order valence-electron chi connectivity index (χ3n) is 4.89. The number of benzene rings is 2. The third-order valence-corrected chi connectivity index (χ3v) is 4.89. The highest BCUT2D eigenvalue weighted by Crippen LogP contribution is 2.32. The molecule has 1 amide bonds. The molecule has 28 heavy (non-hydrogen) atoms. The van der Waals surface area contributed by atoms with E-state index in [1.807, 2.05) is 49.4 Å². The average molecular weight is 381 g/mol. The van der Waals surface area contributed by atoms with E-state index in [1.54, 1.807) is 12.1 Å². The maximum atomic E-state index is 12.6. The number of methoxy groups -OCH3 is 1. The van der Waals surface area contributed by atoms with Crippen LogP contribution in [-0.2, 0) is 11.3 Å². The van der Waals surface area contributed by atoms with Gasteiger partial charge in [-0.3, -0.25) is 4.79 Å². The van der Waals surface area contributed by atoms with Gasteiger partial charge in [0.15, 0.2) is 11.5 Å². The van der Waals surface area contributed by atoms with Gasteiger partial charge in [-0.1, -0.05) is 19.1 Å². The van der Waals surface area contributed by atoms with Gasteiger partial charge in [-0.15, -0.1) is 0 Å². The molecule has 1 aliphatic rings. The fraction of sp³-hybridized carbons (Fsp3) is 0.364. The van der Waals surface area contributed by atoms with Gasteiger partial charge in [-0.2, -0.15) is 5.10 Å². The van der Waals surface area contributed by atoms with Gasteiger partial charge >= 0.3 is 0 Å². The molecule has 0 saturated carbocycles. The monoisotopic (exact) mass is 381 g/mol. The molecule has 2 N–H and O–H groups in total. The van der Waals surface area contributed by atoms with Gasteiger partial charge in [0.2, 0.25) is 5.91 Å². The van der Waals surface area contributed by atoms with Crippen LogP contribution in [0, 0.1) is 5.92 Å². The lowest BCUT2D eigenvalue weighted by Gasteiger charge is -2.29. The minimum atomic E-state index is 0.0333. The Hall–Kier alpha value is -3.02. The summed E-state index contributed by atoms with van der Waals surface area (Å²) in [6.45, 7) is 4.99. The first-order chi connectivity index (χ1) is 13.5. The predicted molar refractivity (Wildman–Crippen MR) is 111 cm³/mol. The fourth-order valence-corrected chi connectivity index (χ4v) is 3.34. The molecule has 0 fully saturated rings. The third kappa shape index (κ3) is 4.27. The van der Waals surface area contributed by atoms with E-state index in [1.165, 1.54) is 0 Å². The summed E-state index contributed by atoms with van der Waals surface area (Å²) in [5, 5.41) is 6.29. The fourth-order valence-electron chi connectivity index (χ4n) is 3.34. The molecule has 3 rings (SSSR count). The summed E-state index contributed by atoms with van der Waals surface area (Å²) < 4.78 is 11.1. The maximum Gasteiger partial charge on any atom is 0.243 e. The Bertz CT molecular complexity index is 862. The number of hydrazone groups is 1. The molecule has 1 heterocycles. The van der Waals surface area contributed by atoms with Crippen LogP contribution in [0.1, 0.15) is 37.8 Å². The lowest BCUT2D eigenvalue weighted by atomic mass is 9.89. The Labute approximate surface area is 165 Å². The van der Waals surface area contributed by atoms with Crippen molar-refractivity contribution in [2.45, 2.75) is 33.2 Å². The second kappa shape index (κ2) is 8.78. The largest absolute Gasteiger partial charge is 0.493 e. The van der Waals surface area contributed by atoms with Crippen LogP contribution in [0.3, 0.4) is 0 Å². The molecular weight excluding hydrogens is 354 g/mol. The van der Waals surface area contributed by atoms with E-state index in [2.05, 4.69) is 6.92 Å². The predicted octanol–water partition coefficient (Wildman–Crippen LogP) is 3.84. The van der Waals surface area contributed by atoms with Crippen LogP contribution in [0.2, 0.25) is 0 Å². The molecule has 0 radical (unpaired) electrons. The van der Waals surface area contributed by atoms with Gasteiger partial charge in [-0.25, -0.2) is 5.01 Å². The van der Waals surface area contributed by atoms with Crippen molar-refractivity contribution in [2.75, 3.05) is 19.5 Å². The van der Waals surface area contributed by atoms with E-state index in [-0.39, 0.29) is 11.8 Å². The van der Waals surface area contributed by atoms with Crippen LogP contribution in [0.5, 0.6) is 11.5 Å². The summed E-state index contributed by atoms with van der Waals surface area (Å²) >= 11 is 0. The molecule has 6 nitrogen and oxygen atoms in total. The van der Waals surface area contributed by atoms with Gasteiger partial charge in [0.1, 0.15) is 0 Å². The zero-order chi connectivity index (χ0) is 20.1. The summed E-state index contributed by atoms with van der Waals surface area (Å²) in [5.74, 6) is 1.48. The van der Waals surface area contributed by atoms with E-state index in [0.29, 0.717) is 36.8 Å². The molecule has 0 bridgehead atoms. The van der Waals surface area contributed by atoms with E-state index in [4.69, 9.17) is 20.3 Å². The quantitative estimate of drug-likeness (QED) is 0.739. The minimum Gasteiger partial charge on any atom is -0.493 e. The maximum absolute atomic E-state index is 12.6. The highest BCUT2D eigenvalue weighted by molar-refractivity contribution is 6.06. The number of rotatable bonds is 7. The van der Waals surface area contributed by atoms with Gasteiger partial charge in [0.05, 0.1) is 26.0 Å². The normalized spacial score (nSPS) is 16.7. The SMILES string of the molecule is CCOc1cc(C2=NN(Cc3ccc(N)cc3)C(=O)CC2CC)ccc1OC. The Morgan fingerprint density at radius 2 is 1.89 bits per heavy atom. The highest BCUT2D eigenvalue weighted by atomic mass is 16.5. The highest BCUT2D eigenvalue weighted by Gasteiger charge is 2.29. The van der Waals surface area contributed by atoms with Crippen LogP contribution in [0.15, 0.2) is 47.6 Å².